The molecule has 4 aromatic rings. The van der Waals surface area contributed by atoms with E-state index in [1.54, 1.807) is 24.4 Å². The molecule has 0 aliphatic heterocycles. The Bertz CT molecular complexity index is 1620. The van der Waals surface area contributed by atoms with E-state index in [1.807, 2.05) is 0 Å². The number of aryl methyl sites for hydroxylation is 1. The van der Waals surface area contributed by atoms with Gasteiger partial charge in [0.1, 0.15) is 11.5 Å². The number of imidazole rings is 1. The molecule has 1 aromatic carbocycles. The van der Waals surface area contributed by atoms with Gasteiger partial charge in [-0.15, -0.1) is 0 Å². The fourth-order valence-corrected chi connectivity index (χ4v) is 4.05. The van der Waals surface area contributed by atoms with E-state index in [2.05, 4.69) is 21.3 Å². The van der Waals surface area contributed by atoms with E-state index in [0.29, 0.717) is 24.6 Å². The number of fused-ring (bicyclic) bond motifs is 1. The molecule has 38 heavy (non-hydrogen) atoms. The molecule has 12 heteroatoms. The van der Waals surface area contributed by atoms with Gasteiger partial charge in [-0.25, -0.2) is 4.79 Å². The van der Waals surface area contributed by atoms with Crippen LogP contribution in [-0.4, -0.2) is 40.5 Å². The lowest BCUT2D eigenvalue weighted by atomic mass is 10.2. The fourth-order valence-electron chi connectivity index (χ4n) is 4.05. The summed E-state index contributed by atoms with van der Waals surface area (Å²) >= 11 is 0. The molecule has 0 amide bonds. The third-order valence-corrected chi connectivity index (χ3v) is 6.38. The molecular formula is C26H25F2N5O5. The molecular weight excluding hydrogens is 500 g/mol. The van der Waals surface area contributed by atoms with Crippen LogP contribution >= 0.6 is 0 Å². The smallest absolute Gasteiger partial charge is 0.419 e. The van der Waals surface area contributed by atoms with Crippen LogP contribution in [0.5, 0.6) is 17.5 Å². The van der Waals surface area contributed by atoms with Gasteiger partial charge in [0, 0.05) is 31.9 Å². The van der Waals surface area contributed by atoms with Gasteiger partial charge in [-0.2, -0.15) is 13.8 Å². The molecule has 1 aliphatic carbocycles. The van der Waals surface area contributed by atoms with E-state index in [1.165, 1.54) is 40.4 Å². The van der Waals surface area contributed by atoms with E-state index in [0.717, 1.165) is 4.57 Å². The molecule has 5 rings (SSSR count). The molecule has 0 spiro atoms. The van der Waals surface area contributed by atoms with Crippen LogP contribution in [-0.2, 0) is 20.1 Å². The lowest BCUT2D eigenvalue weighted by molar-refractivity contribution is -0.131. The van der Waals surface area contributed by atoms with Gasteiger partial charge >= 0.3 is 17.8 Å². The molecule has 1 N–H and O–H groups in total. The van der Waals surface area contributed by atoms with Crippen molar-refractivity contribution in [3.63, 3.8) is 0 Å². The zero-order valence-electron chi connectivity index (χ0n) is 20.5. The van der Waals surface area contributed by atoms with Crippen molar-refractivity contribution in [3.8, 4) is 17.5 Å². The third kappa shape index (κ3) is 5.07. The van der Waals surface area contributed by atoms with Gasteiger partial charge in [-0.1, -0.05) is 18.7 Å². The van der Waals surface area contributed by atoms with Crippen molar-refractivity contribution in [1.82, 2.24) is 23.7 Å². The van der Waals surface area contributed by atoms with E-state index in [-0.39, 0.29) is 48.2 Å². The number of hydrogen-bond acceptors (Lipinski definition) is 7. The van der Waals surface area contributed by atoms with E-state index < -0.39 is 23.0 Å². The molecule has 10 nitrogen and oxygen atoms in total. The standard InChI is InChI=1S/C26H25F2N5O5/c1-3-26(27,28)38-19-9-6-8-18(15-19)37-23-30-21-20(33(23)16-17-7-4-5-13-29-17)22(34)32(24(35)31(21)2)14-12-25(36)10-11-25/h3-9,13,15,36H,1,10-12,14,16H2,2H3. The SMILES string of the molecule is C=CC(F)(F)Oc1cccc(Oc2nc3c(c(=O)n(CCC4(O)CC4)c(=O)n3C)n2Cc2ccccn2)c1. The second-order valence-electron chi connectivity index (χ2n) is 9.19. The largest absolute Gasteiger partial charge is 0.429 e. The Hall–Kier alpha value is -4.32. The molecule has 3 heterocycles. The Morgan fingerprint density at radius 2 is 1.92 bits per heavy atom. The first-order chi connectivity index (χ1) is 18.1. The number of alkyl halides is 2. The van der Waals surface area contributed by atoms with Crippen molar-refractivity contribution in [2.75, 3.05) is 0 Å². The molecule has 0 bridgehead atoms. The lowest BCUT2D eigenvalue weighted by Gasteiger charge is -2.15. The van der Waals surface area contributed by atoms with Crippen molar-refractivity contribution >= 4 is 11.2 Å². The number of benzene rings is 1. The van der Waals surface area contributed by atoms with Gasteiger partial charge in [0.15, 0.2) is 11.2 Å². The predicted octanol–water partition coefficient (Wildman–Crippen LogP) is 3.20. The normalized spacial score (nSPS) is 14.4. The number of pyridine rings is 1. The lowest BCUT2D eigenvalue weighted by Crippen LogP contribution is -2.40. The number of aliphatic hydroxyl groups is 1. The maximum atomic E-state index is 13.7. The first-order valence-corrected chi connectivity index (χ1v) is 11.9. The van der Waals surface area contributed by atoms with Crippen LogP contribution in [0.3, 0.4) is 0 Å². The van der Waals surface area contributed by atoms with Gasteiger partial charge in [0.05, 0.1) is 17.8 Å². The molecule has 0 unspecified atom stereocenters. The summed E-state index contributed by atoms with van der Waals surface area (Å²) in [4.78, 5) is 35.3. The molecule has 1 aliphatic rings. The van der Waals surface area contributed by atoms with Crippen LogP contribution < -0.4 is 20.7 Å². The highest BCUT2D eigenvalue weighted by molar-refractivity contribution is 5.72. The van der Waals surface area contributed by atoms with Crippen molar-refractivity contribution in [2.45, 2.75) is 44.1 Å². The maximum Gasteiger partial charge on any atom is 0.419 e. The van der Waals surface area contributed by atoms with Crippen LogP contribution in [0.4, 0.5) is 8.78 Å². The van der Waals surface area contributed by atoms with Crippen molar-refractivity contribution in [3.05, 3.63) is 87.8 Å². The summed E-state index contributed by atoms with van der Waals surface area (Å²) in [5.41, 5.74) is -1.25. The van der Waals surface area contributed by atoms with Gasteiger partial charge in [-0.3, -0.25) is 23.5 Å². The fraction of sp³-hybridized carbons (Fsp3) is 0.308. The van der Waals surface area contributed by atoms with Crippen LogP contribution in [0.1, 0.15) is 25.0 Å². The van der Waals surface area contributed by atoms with Crippen LogP contribution in [0.2, 0.25) is 0 Å². The summed E-state index contributed by atoms with van der Waals surface area (Å²) in [6, 6.07) is 10.8. The van der Waals surface area contributed by atoms with Crippen molar-refractivity contribution in [2.24, 2.45) is 7.05 Å². The minimum absolute atomic E-state index is 0.0415. The number of hydrogen-bond donors (Lipinski definition) is 1. The van der Waals surface area contributed by atoms with Crippen molar-refractivity contribution in [1.29, 1.82) is 0 Å². The minimum atomic E-state index is -3.58. The minimum Gasteiger partial charge on any atom is -0.429 e. The van der Waals surface area contributed by atoms with Gasteiger partial charge in [0.25, 0.3) is 5.56 Å². The maximum absolute atomic E-state index is 13.7. The topological polar surface area (TPSA) is 113 Å². The Labute approximate surface area is 215 Å². The number of halogens is 2. The average molecular weight is 526 g/mol. The average Bonchev–Trinajstić information content (AvgIpc) is 3.53. The van der Waals surface area contributed by atoms with E-state index >= 15 is 0 Å². The summed E-state index contributed by atoms with van der Waals surface area (Å²) in [6.45, 7) is 3.18. The monoisotopic (exact) mass is 525 g/mol. The first-order valence-electron chi connectivity index (χ1n) is 11.9. The quantitative estimate of drug-likeness (QED) is 0.316. The number of nitrogens with zero attached hydrogens (tertiary/aromatic N) is 5. The van der Waals surface area contributed by atoms with Crippen molar-refractivity contribution < 1.29 is 23.4 Å². The summed E-state index contributed by atoms with van der Waals surface area (Å²) in [5, 5.41) is 10.2. The number of aromatic nitrogens is 5. The zero-order valence-corrected chi connectivity index (χ0v) is 20.5. The molecule has 3 aromatic heterocycles. The highest BCUT2D eigenvalue weighted by Crippen LogP contribution is 2.38. The molecule has 198 valence electrons. The summed E-state index contributed by atoms with van der Waals surface area (Å²) < 4.78 is 41.7. The Morgan fingerprint density at radius 3 is 2.61 bits per heavy atom. The Morgan fingerprint density at radius 1 is 1.16 bits per heavy atom. The predicted molar refractivity (Wildman–Crippen MR) is 134 cm³/mol. The van der Waals surface area contributed by atoms with Gasteiger partial charge in [0.2, 0.25) is 0 Å². The molecule has 1 saturated carbocycles. The van der Waals surface area contributed by atoms with Crippen LogP contribution in [0.25, 0.3) is 11.2 Å². The Kier molecular flexibility index (Phi) is 6.35. The zero-order chi connectivity index (χ0) is 27.1. The second kappa shape index (κ2) is 9.53. The molecule has 0 saturated heterocycles. The molecule has 0 radical (unpaired) electrons. The number of rotatable bonds is 10. The summed E-state index contributed by atoms with van der Waals surface area (Å²) in [6.07, 6.45) is -0.0851. The first kappa shape index (κ1) is 25.3. The van der Waals surface area contributed by atoms with Crippen LogP contribution in [0.15, 0.2) is 70.9 Å². The van der Waals surface area contributed by atoms with Gasteiger partial charge < -0.3 is 14.6 Å². The highest BCUT2D eigenvalue weighted by atomic mass is 19.3. The van der Waals surface area contributed by atoms with E-state index in [4.69, 9.17) is 4.74 Å². The second-order valence-corrected chi connectivity index (χ2v) is 9.19. The van der Waals surface area contributed by atoms with Crippen LogP contribution in [0, 0.1) is 0 Å². The third-order valence-electron chi connectivity index (χ3n) is 6.38. The highest BCUT2D eigenvalue weighted by Gasteiger charge is 2.40. The summed E-state index contributed by atoms with van der Waals surface area (Å²) in [5.74, 6) is -0.0613. The summed E-state index contributed by atoms with van der Waals surface area (Å²) in [7, 11) is 1.49. The molecule has 0 atom stereocenters. The van der Waals surface area contributed by atoms with Gasteiger partial charge in [-0.05, 0) is 43.5 Å². The molecule has 1 fully saturated rings. The Balaban J connectivity index is 1.61. The number of ether oxygens (including phenoxy) is 2. The van der Waals surface area contributed by atoms with E-state index in [9.17, 15) is 23.5 Å².